The van der Waals surface area contributed by atoms with E-state index >= 15 is 0 Å². The largest absolute Gasteiger partial charge is 0.456 e. The third-order valence-electron chi connectivity index (χ3n) is 9.97. The summed E-state index contributed by atoms with van der Waals surface area (Å²) in [7, 11) is 0. The molecular weight excluding hydrogens is 617 g/mol. The number of benzene rings is 6. The summed E-state index contributed by atoms with van der Waals surface area (Å²) in [6.07, 6.45) is 7.99. The second-order valence-corrected chi connectivity index (χ2v) is 12.8. The Morgan fingerprint density at radius 1 is 0.540 bits per heavy atom. The molecule has 0 bridgehead atoms. The monoisotopic (exact) mass is 642 g/mol. The average molecular weight is 643 g/mol. The number of nitrogens with zero attached hydrogens (tertiary/aromatic N) is 3. The summed E-state index contributed by atoms with van der Waals surface area (Å²) < 4.78 is 12.6. The first-order chi connectivity index (χ1) is 24.8. The molecule has 0 radical (unpaired) electrons. The Morgan fingerprint density at radius 3 is 2.14 bits per heavy atom. The second kappa shape index (κ2) is 10.4. The average Bonchev–Trinajstić information content (AvgIpc) is 3.76. The third-order valence-corrected chi connectivity index (χ3v) is 9.97. The Bertz CT molecular complexity index is 2930. The molecule has 4 aromatic heterocycles. The van der Waals surface area contributed by atoms with Crippen molar-refractivity contribution < 1.29 is 8.83 Å². The number of para-hydroxylation sites is 1. The first-order valence-corrected chi connectivity index (χ1v) is 16.7. The van der Waals surface area contributed by atoms with Crippen molar-refractivity contribution in [2.24, 2.45) is 0 Å². The number of furan rings is 2. The van der Waals surface area contributed by atoms with E-state index in [-0.39, 0.29) is 0 Å². The molecule has 0 fully saturated rings. The quantitative estimate of drug-likeness (QED) is 0.193. The van der Waals surface area contributed by atoms with Gasteiger partial charge >= 0.3 is 0 Å². The Morgan fingerprint density at radius 2 is 1.26 bits per heavy atom. The van der Waals surface area contributed by atoms with E-state index in [2.05, 4.69) is 95.2 Å². The molecule has 1 aliphatic heterocycles. The molecular formula is C44H26N4O2. The molecule has 50 heavy (non-hydrogen) atoms. The molecule has 5 heterocycles. The number of hydrogen-bond acceptors (Lipinski definition) is 6. The first-order valence-electron chi connectivity index (χ1n) is 16.7. The fourth-order valence-corrected chi connectivity index (χ4v) is 7.78. The van der Waals surface area contributed by atoms with Gasteiger partial charge in [-0.1, -0.05) is 91.0 Å². The number of nitrogens with one attached hydrogen (secondary N) is 1. The van der Waals surface area contributed by atoms with Gasteiger partial charge in [0.05, 0.1) is 17.1 Å². The molecule has 0 saturated heterocycles. The molecule has 6 aromatic carbocycles. The van der Waals surface area contributed by atoms with E-state index in [1.54, 1.807) is 6.20 Å². The maximum absolute atomic E-state index is 6.32. The van der Waals surface area contributed by atoms with Crippen molar-refractivity contribution in [1.82, 2.24) is 15.0 Å². The van der Waals surface area contributed by atoms with Gasteiger partial charge in [-0.2, -0.15) is 0 Å². The maximum atomic E-state index is 6.32. The Hall–Kier alpha value is -6.79. The molecule has 0 amide bonds. The van der Waals surface area contributed by atoms with Gasteiger partial charge in [0.25, 0.3) is 0 Å². The second-order valence-electron chi connectivity index (χ2n) is 12.8. The number of fused-ring (bicyclic) bond motifs is 11. The molecule has 1 N–H and O–H groups in total. The van der Waals surface area contributed by atoms with Crippen LogP contribution in [0.4, 0.5) is 5.69 Å². The zero-order valence-corrected chi connectivity index (χ0v) is 26.6. The Kier molecular flexibility index (Phi) is 5.63. The van der Waals surface area contributed by atoms with E-state index in [1.165, 1.54) is 16.2 Å². The van der Waals surface area contributed by atoms with Crippen LogP contribution in [0.2, 0.25) is 0 Å². The van der Waals surface area contributed by atoms with Crippen molar-refractivity contribution in [3.8, 4) is 33.9 Å². The van der Waals surface area contributed by atoms with Crippen LogP contribution in [0, 0.1) is 0 Å². The van der Waals surface area contributed by atoms with Crippen LogP contribution in [0.15, 0.2) is 143 Å². The molecule has 1 aliphatic rings. The van der Waals surface area contributed by atoms with E-state index in [4.69, 9.17) is 18.8 Å². The lowest BCUT2D eigenvalue weighted by Crippen LogP contribution is -2.06. The molecule has 0 saturated carbocycles. The van der Waals surface area contributed by atoms with Crippen LogP contribution in [0.1, 0.15) is 5.56 Å². The highest BCUT2D eigenvalue weighted by Gasteiger charge is 2.22. The zero-order valence-electron chi connectivity index (χ0n) is 26.6. The lowest BCUT2D eigenvalue weighted by Gasteiger charge is -2.20. The minimum Gasteiger partial charge on any atom is -0.456 e. The Balaban J connectivity index is 1.27. The van der Waals surface area contributed by atoms with Crippen LogP contribution in [0.25, 0.3) is 105 Å². The van der Waals surface area contributed by atoms with Gasteiger partial charge in [-0.15, -0.1) is 0 Å². The van der Waals surface area contributed by atoms with E-state index in [9.17, 15) is 0 Å². The Labute approximate surface area is 285 Å². The van der Waals surface area contributed by atoms with E-state index in [0.717, 1.165) is 95.1 Å². The lowest BCUT2D eigenvalue weighted by molar-refractivity contribution is 0.668. The number of hydrogen-bond donors (Lipinski definition) is 1. The molecule has 0 unspecified atom stereocenters. The topological polar surface area (TPSA) is 77.0 Å². The highest BCUT2D eigenvalue weighted by Crippen LogP contribution is 2.44. The fourth-order valence-electron chi connectivity index (χ4n) is 7.78. The van der Waals surface area contributed by atoms with Gasteiger partial charge in [0, 0.05) is 62.6 Å². The smallest absolute Gasteiger partial charge is 0.161 e. The standard InChI is InChI=1S/C44H26N4O2/c1-2-10-27-25(8-1)17-18-28-32(22-26-9-7-20-46-43(26)42(27)28)35-23-34(29-12-5-15-38-40(29)30-11-3-4-14-36(30)49-38)47-44(48-35)31-13-6-16-39-41(31)33-24-45-21-19-37(33)50-39/h1-19,21-24,46H,20H2. The van der Waals surface area contributed by atoms with Gasteiger partial charge in [0.2, 0.25) is 0 Å². The summed E-state index contributed by atoms with van der Waals surface area (Å²) in [5, 5.41) is 12.4. The van der Waals surface area contributed by atoms with Crippen molar-refractivity contribution in [1.29, 1.82) is 0 Å². The zero-order chi connectivity index (χ0) is 32.8. The third kappa shape index (κ3) is 3.93. The van der Waals surface area contributed by atoms with Gasteiger partial charge in [0.15, 0.2) is 5.82 Å². The van der Waals surface area contributed by atoms with Crippen LogP contribution in [0.5, 0.6) is 0 Å². The summed E-state index contributed by atoms with van der Waals surface area (Å²) in [5.74, 6) is 0.611. The van der Waals surface area contributed by atoms with Crippen molar-refractivity contribution in [3.05, 3.63) is 139 Å². The fraction of sp³-hybridized carbons (Fsp3) is 0.0227. The maximum Gasteiger partial charge on any atom is 0.161 e. The van der Waals surface area contributed by atoms with Gasteiger partial charge in [0.1, 0.15) is 22.3 Å². The van der Waals surface area contributed by atoms with E-state index in [0.29, 0.717) is 5.82 Å². The number of anilines is 1. The van der Waals surface area contributed by atoms with Crippen molar-refractivity contribution >= 4 is 77.2 Å². The summed E-state index contributed by atoms with van der Waals surface area (Å²) in [6, 6.07) is 39.8. The summed E-state index contributed by atoms with van der Waals surface area (Å²) in [6.45, 7) is 0.784. The van der Waals surface area contributed by atoms with Gasteiger partial charge in [-0.25, -0.2) is 9.97 Å². The van der Waals surface area contributed by atoms with Crippen molar-refractivity contribution in [3.63, 3.8) is 0 Å². The van der Waals surface area contributed by atoms with Gasteiger partial charge < -0.3 is 14.2 Å². The van der Waals surface area contributed by atoms with Crippen LogP contribution in [0.3, 0.4) is 0 Å². The summed E-state index contributed by atoms with van der Waals surface area (Å²) in [4.78, 5) is 15.2. The minimum absolute atomic E-state index is 0.611. The number of rotatable bonds is 3. The number of aromatic nitrogens is 3. The lowest BCUT2D eigenvalue weighted by atomic mass is 9.91. The SMILES string of the molecule is C1=Cc2cc(-c3cc(-c4cccc5oc6ccccc6c45)nc(-c4cccc5oc6ccncc6c45)n3)c3ccc4ccccc4c3c2NC1. The molecule has 6 nitrogen and oxygen atoms in total. The predicted octanol–water partition coefficient (Wildman–Crippen LogP) is 11.4. The normalized spacial score (nSPS) is 12.8. The van der Waals surface area contributed by atoms with E-state index in [1.807, 2.05) is 48.7 Å². The van der Waals surface area contributed by atoms with Crippen LogP contribution < -0.4 is 5.32 Å². The van der Waals surface area contributed by atoms with Gasteiger partial charge in [-0.3, -0.25) is 4.98 Å². The number of pyridine rings is 1. The minimum atomic E-state index is 0.611. The summed E-state index contributed by atoms with van der Waals surface area (Å²) in [5.41, 5.74) is 10.0. The predicted molar refractivity (Wildman–Crippen MR) is 203 cm³/mol. The molecule has 0 spiro atoms. The van der Waals surface area contributed by atoms with E-state index < -0.39 is 0 Å². The van der Waals surface area contributed by atoms with Crippen molar-refractivity contribution in [2.75, 3.05) is 11.9 Å². The van der Waals surface area contributed by atoms with Crippen LogP contribution >= 0.6 is 0 Å². The molecule has 10 aromatic rings. The van der Waals surface area contributed by atoms with Crippen LogP contribution in [-0.2, 0) is 0 Å². The molecule has 11 rings (SSSR count). The summed E-state index contributed by atoms with van der Waals surface area (Å²) >= 11 is 0. The first kappa shape index (κ1) is 27.2. The highest BCUT2D eigenvalue weighted by molar-refractivity contribution is 6.20. The highest BCUT2D eigenvalue weighted by atomic mass is 16.3. The molecule has 0 aliphatic carbocycles. The molecule has 234 valence electrons. The molecule has 6 heteroatoms. The van der Waals surface area contributed by atoms with Crippen molar-refractivity contribution in [2.45, 2.75) is 0 Å². The molecule has 0 atom stereocenters. The van der Waals surface area contributed by atoms with Gasteiger partial charge in [-0.05, 0) is 58.1 Å². The van der Waals surface area contributed by atoms with Crippen LogP contribution in [-0.4, -0.2) is 21.5 Å².